The predicted octanol–water partition coefficient (Wildman–Crippen LogP) is 2.67. The van der Waals surface area contributed by atoms with Crippen LogP contribution in [0.25, 0.3) is 0 Å². The van der Waals surface area contributed by atoms with E-state index in [1.54, 1.807) is 0 Å². The Labute approximate surface area is 95.0 Å². The van der Waals surface area contributed by atoms with Crippen molar-refractivity contribution < 1.29 is 0 Å². The summed E-state index contributed by atoms with van der Waals surface area (Å²) in [6, 6.07) is 1.11. The van der Waals surface area contributed by atoms with E-state index in [1.807, 2.05) is 0 Å². The molecule has 0 aliphatic heterocycles. The molecule has 3 atom stereocenters. The first-order chi connectivity index (χ1) is 7.24. The monoisotopic (exact) mass is 212 g/mol. The highest BCUT2D eigenvalue weighted by Gasteiger charge is 2.21. The molecular formula is C13H28N2. The number of hydrogen-bond donors (Lipinski definition) is 2. The van der Waals surface area contributed by atoms with E-state index in [9.17, 15) is 0 Å². The molecule has 2 heteroatoms. The lowest BCUT2D eigenvalue weighted by molar-refractivity contribution is 0.285. The molecule has 0 aromatic carbocycles. The first kappa shape index (κ1) is 13.0. The average Bonchev–Trinajstić information content (AvgIpc) is 2.25. The van der Waals surface area contributed by atoms with Crippen molar-refractivity contribution in [3.05, 3.63) is 0 Å². The van der Waals surface area contributed by atoms with Crippen LogP contribution >= 0.6 is 0 Å². The zero-order valence-electron chi connectivity index (χ0n) is 10.5. The molecule has 1 saturated carbocycles. The minimum atomic E-state index is 0.449. The van der Waals surface area contributed by atoms with Crippen molar-refractivity contribution in [3.63, 3.8) is 0 Å². The first-order valence-corrected chi connectivity index (χ1v) is 6.73. The van der Waals surface area contributed by atoms with Crippen LogP contribution in [-0.2, 0) is 0 Å². The van der Waals surface area contributed by atoms with Gasteiger partial charge in [0.05, 0.1) is 0 Å². The summed E-state index contributed by atoms with van der Waals surface area (Å²) in [7, 11) is 0. The summed E-state index contributed by atoms with van der Waals surface area (Å²) in [5.41, 5.74) is 6.13. The second kappa shape index (κ2) is 7.24. The van der Waals surface area contributed by atoms with E-state index in [0.717, 1.165) is 12.5 Å². The fraction of sp³-hybridized carbons (Fsp3) is 1.00. The molecule has 0 aromatic heterocycles. The molecule has 3 unspecified atom stereocenters. The molecule has 1 fully saturated rings. The molecule has 1 aliphatic rings. The number of nitrogens with two attached hydrogens (primary N) is 1. The molecule has 0 bridgehead atoms. The maximum Gasteiger partial charge on any atom is 0.00792 e. The van der Waals surface area contributed by atoms with E-state index in [1.165, 1.54) is 44.9 Å². The molecular weight excluding hydrogens is 184 g/mol. The van der Waals surface area contributed by atoms with Crippen LogP contribution in [0.5, 0.6) is 0 Å². The van der Waals surface area contributed by atoms with Gasteiger partial charge in [0.2, 0.25) is 0 Å². The lowest BCUT2D eigenvalue weighted by Gasteiger charge is -2.29. The lowest BCUT2D eigenvalue weighted by Crippen LogP contribution is -2.41. The highest BCUT2D eigenvalue weighted by Crippen LogP contribution is 2.22. The van der Waals surface area contributed by atoms with Crippen molar-refractivity contribution in [1.82, 2.24) is 5.32 Å². The standard InChI is InChI=1S/C13H28N2/c1-3-4-7-11(2)15-10-12-8-5-6-9-13(12)14/h11-13,15H,3-10,14H2,1-2H3. The van der Waals surface area contributed by atoms with Gasteiger partial charge >= 0.3 is 0 Å². The van der Waals surface area contributed by atoms with Gasteiger partial charge < -0.3 is 11.1 Å². The lowest BCUT2D eigenvalue weighted by atomic mass is 9.85. The third-order valence-electron chi connectivity index (χ3n) is 3.69. The minimum absolute atomic E-state index is 0.449. The van der Waals surface area contributed by atoms with Crippen LogP contribution in [0.2, 0.25) is 0 Å². The molecule has 0 spiro atoms. The van der Waals surface area contributed by atoms with Gasteiger partial charge in [0.1, 0.15) is 0 Å². The summed E-state index contributed by atoms with van der Waals surface area (Å²) in [5.74, 6) is 0.725. The zero-order valence-corrected chi connectivity index (χ0v) is 10.5. The molecule has 0 heterocycles. The predicted molar refractivity (Wildman–Crippen MR) is 66.9 cm³/mol. The van der Waals surface area contributed by atoms with Crippen LogP contribution in [0.3, 0.4) is 0 Å². The molecule has 3 N–H and O–H groups in total. The Morgan fingerprint density at radius 1 is 1.33 bits per heavy atom. The summed E-state index contributed by atoms with van der Waals surface area (Å²) in [6.45, 7) is 5.68. The third-order valence-corrected chi connectivity index (χ3v) is 3.69. The SMILES string of the molecule is CCCCC(C)NCC1CCCCC1N. The molecule has 15 heavy (non-hydrogen) atoms. The normalized spacial score (nSPS) is 29.0. The fourth-order valence-electron chi connectivity index (χ4n) is 2.45. The van der Waals surface area contributed by atoms with Crippen LogP contribution in [0.15, 0.2) is 0 Å². The van der Waals surface area contributed by atoms with Gasteiger partial charge in [-0.2, -0.15) is 0 Å². The zero-order chi connectivity index (χ0) is 11.1. The first-order valence-electron chi connectivity index (χ1n) is 6.73. The Bertz CT molecular complexity index is 159. The molecule has 0 radical (unpaired) electrons. The van der Waals surface area contributed by atoms with Crippen LogP contribution < -0.4 is 11.1 Å². The highest BCUT2D eigenvalue weighted by atomic mass is 14.9. The van der Waals surface area contributed by atoms with Crippen molar-refractivity contribution >= 4 is 0 Å². The largest absolute Gasteiger partial charge is 0.327 e. The van der Waals surface area contributed by atoms with E-state index < -0.39 is 0 Å². The number of nitrogens with one attached hydrogen (secondary N) is 1. The van der Waals surface area contributed by atoms with E-state index in [2.05, 4.69) is 19.2 Å². The van der Waals surface area contributed by atoms with Gasteiger partial charge in [0, 0.05) is 12.1 Å². The Morgan fingerprint density at radius 2 is 2.07 bits per heavy atom. The second-order valence-electron chi connectivity index (χ2n) is 5.16. The number of unbranched alkanes of at least 4 members (excludes halogenated alkanes) is 1. The summed E-state index contributed by atoms with van der Waals surface area (Å²) >= 11 is 0. The van der Waals surface area contributed by atoms with Gasteiger partial charge in [0.25, 0.3) is 0 Å². The summed E-state index contributed by atoms with van der Waals surface area (Å²) in [5, 5.41) is 3.64. The fourth-order valence-corrected chi connectivity index (χ4v) is 2.45. The molecule has 1 rings (SSSR count). The minimum Gasteiger partial charge on any atom is -0.327 e. The Kier molecular flexibility index (Phi) is 6.26. The van der Waals surface area contributed by atoms with Crippen LogP contribution in [-0.4, -0.2) is 18.6 Å². The quantitative estimate of drug-likeness (QED) is 0.710. The van der Waals surface area contributed by atoms with Crippen molar-refractivity contribution in [3.8, 4) is 0 Å². The van der Waals surface area contributed by atoms with E-state index >= 15 is 0 Å². The maximum atomic E-state index is 6.13. The van der Waals surface area contributed by atoms with Gasteiger partial charge in [0.15, 0.2) is 0 Å². The smallest absolute Gasteiger partial charge is 0.00792 e. The van der Waals surface area contributed by atoms with E-state index in [4.69, 9.17) is 5.73 Å². The van der Waals surface area contributed by atoms with Crippen molar-refractivity contribution in [2.75, 3.05) is 6.54 Å². The molecule has 0 amide bonds. The summed E-state index contributed by atoms with van der Waals surface area (Å²) in [6.07, 6.45) is 9.22. The van der Waals surface area contributed by atoms with Crippen LogP contribution in [0, 0.1) is 5.92 Å². The van der Waals surface area contributed by atoms with Gasteiger partial charge in [-0.25, -0.2) is 0 Å². The van der Waals surface area contributed by atoms with Gasteiger partial charge in [-0.1, -0.05) is 32.6 Å². The number of rotatable bonds is 6. The van der Waals surface area contributed by atoms with E-state index in [0.29, 0.717) is 12.1 Å². The summed E-state index contributed by atoms with van der Waals surface area (Å²) < 4.78 is 0. The Hall–Kier alpha value is -0.0800. The average molecular weight is 212 g/mol. The van der Waals surface area contributed by atoms with Crippen molar-refractivity contribution in [1.29, 1.82) is 0 Å². The van der Waals surface area contributed by atoms with Crippen LogP contribution in [0.1, 0.15) is 58.8 Å². The van der Waals surface area contributed by atoms with E-state index in [-0.39, 0.29) is 0 Å². The van der Waals surface area contributed by atoms with Crippen molar-refractivity contribution in [2.24, 2.45) is 11.7 Å². The van der Waals surface area contributed by atoms with Gasteiger partial charge in [-0.15, -0.1) is 0 Å². The Morgan fingerprint density at radius 3 is 2.73 bits per heavy atom. The van der Waals surface area contributed by atoms with Gasteiger partial charge in [-0.05, 0) is 38.6 Å². The molecule has 1 aliphatic carbocycles. The molecule has 0 aromatic rings. The summed E-state index contributed by atoms with van der Waals surface area (Å²) in [4.78, 5) is 0. The maximum absolute atomic E-state index is 6.13. The highest BCUT2D eigenvalue weighted by molar-refractivity contribution is 4.80. The second-order valence-corrected chi connectivity index (χ2v) is 5.16. The van der Waals surface area contributed by atoms with Crippen LogP contribution in [0.4, 0.5) is 0 Å². The topological polar surface area (TPSA) is 38.0 Å². The molecule has 2 nitrogen and oxygen atoms in total. The molecule has 0 saturated heterocycles. The molecule has 90 valence electrons. The Balaban J connectivity index is 2.11. The van der Waals surface area contributed by atoms with Gasteiger partial charge in [-0.3, -0.25) is 0 Å². The third kappa shape index (κ3) is 4.98. The van der Waals surface area contributed by atoms with Crippen molar-refractivity contribution in [2.45, 2.75) is 70.9 Å². The number of hydrogen-bond acceptors (Lipinski definition) is 2.